The van der Waals surface area contributed by atoms with Crippen molar-refractivity contribution in [2.75, 3.05) is 13.7 Å². The van der Waals surface area contributed by atoms with Gasteiger partial charge in [0.15, 0.2) is 6.29 Å². The molecule has 0 N–H and O–H groups in total. The van der Waals surface area contributed by atoms with E-state index in [9.17, 15) is 4.79 Å². The van der Waals surface area contributed by atoms with Crippen LogP contribution in [0.3, 0.4) is 0 Å². The molecule has 0 aliphatic carbocycles. The first-order valence-corrected chi connectivity index (χ1v) is 5.34. The molecule has 1 fully saturated rings. The normalized spacial score (nSPS) is 22.3. The number of carbonyl (C=O) groups excluding carboxylic acids is 1. The minimum absolute atomic E-state index is 0.256. The molecule has 1 aliphatic rings. The molecule has 1 aliphatic heterocycles. The van der Waals surface area contributed by atoms with Gasteiger partial charge in [-0.3, -0.25) is 0 Å². The average Bonchev–Trinajstić information content (AvgIpc) is 2.29. The molecule has 0 amide bonds. The van der Waals surface area contributed by atoms with E-state index in [-0.39, 0.29) is 12.0 Å². The Morgan fingerprint density at radius 1 is 1.53 bits per heavy atom. The minimum Gasteiger partial charge on any atom is -0.463 e. The Balaban J connectivity index is 2.50. The molecular formula is C11H18O4. The van der Waals surface area contributed by atoms with E-state index in [1.807, 2.05) is 6.92 Å². The second-order valence-electron chi connectivity index (χ2n) is 3.38. The predicted molar refractivity (Wildman–Crippen MR) is 55.1 cm³/mol. The van der Waals surface area contributed by atoms with Crippen LogP contribution in [0, 0.1) is 0 Å². The van der Waals surface area contributed by atoms with Gasteiger partial charge in [-0.15, -0.1) is 0 Å². The average molecular weight is 214 g/mol. The van der Waals surface area contributed by atoms with Crippen LogP contribution in [-0.4, -0.2) is 26.0 Å². The van der Waals surface area contributed by atoms with Crippen molar-refractivity contribution in [3.8, 4) is 0 Å². The Bertz CT molecular complexity index is 229. The summed E-state index contributed by atoms with van der Waals surface area (Å²) in [7, 11) is 1.34. The maximum absolute atomic E-state index is 11.3. The second-order valence-corrected chi connectivity index (χ2v) is 3.38. The molecular weight excluding hydrogens is 196 g/mol. The van der Waals surface area contributed by atoms with Crippen molar-refractivity contribution in [3.05, 3.63) is 11.8 Å². The first kappa shape index (κ1) is 12.0. The Kier molecular flexibility index (Phi) is 5.18. The number of allylic oxidation sites excluding steroid dienone is 1. The van der Waals surface area contributed by atoms with Gasteiger partial charge in [-0.2, -0.15) is 0 Å². The number of methoxy groups -OCH3 is 1. The molecule has 15 heavy (non-hydrogen) atoms. The largest absolute Gasteiger partial charge is 0.463 e. The number of hydrogen-bond donors (Lipinski definition) is 0. The molecule has 4 nitrogen and oxygen atoms in total. The fourth-order valence-electron chi connectivity index (χ4n) is 1.41. The summed E-state index contributed by atoms with van der Waals surface area (Å²) in [6.45, 7) is 2.64. The zero-order valence-corrected chi connectivity index (χ0v) is 9.32. The molecule has 0 saturated carbocycles. The van der Waals surface area contributed by atoms with E-state index >= 15 is 0 Å². The third kappa shape index (κ3) is 3.91. The zero-order chi connectivity index (χ0) is 11.1. The van der Waals surface area contributed by atoms with Gasteiger partial charge in [0.05, 0.1) is 13.7 Å². The molecule has 0 aromatic rings. The van der Waals surface area contributed by atoms with E-state index < -0.39 is 5.97 Å². The van der Waals surface area contributed by atoms with Crippen LogP contribution in [0.25, 0.3) is 0 Å². The maximum Gasteiger partial charge on any atom is 0.373 e. The zero-order valence-electron chi connectivity index (χ0n) is 9.32. The van der Waals surface area contributed by atoms with Gasteiger partial charge >= 0.3 is 5.97 Å². The summed E-state index contributed by atoms with van der Waals surface area (Å²) in [6, 6.07) is 0. The molecule has 4 heteroatoms. The van der Waals surface area contributed by atoms with Crippen LogP contribution in [0.5, 0.6) is 0 Å². The maximum atomic E-state index is 11.3. The Morgan fingerprint density at radius 2 is 2.33 bits per heavy atom. The van der Waals surface area contributed by atoms with Gasteiger partial charge in [0.2, 0.25) is 5.76 Å². The van der Waals surface area contributed by atoms with Crippen LogP contribution >= 0.6 is 0 Å². The Hall–Kier alpha value is -1.03. The van der Waals surface area contributed by atoms with Crippen LogP contribution in [-0.2, 0) is 19.0 Å². The Labute approximate surface area is 90.2 Å². The van der Waals surface area contributed by atoms with Gasteiger partial charge in [0.25, 0.3) is 0 Å². The molecule has 1 rings (SSSR count). The van der Waals surface area contributed by atoms with Gasteiger partial charge in [0.1, 0.15) is 0 Å². The number of ether oxygens (including phenoxy) is 3. The fourth-order valence-corrected chi connectivity index (χ4v) is 1.41. The van der Waals surface area contributed by atoms with E-state index in [4.69, 9.17) is 9.47 Å². The molecule has 1 heterocycles. The summed E-state index contributed by atoms with van der Waals surface area (Å²) in [5.41, 5.74) is 0. The summed E-state index contributed by atoms with van der Waals surface area (Å²) in [5.74, 6) is -0.182. The van der Waals surface area contributed by atoms with Crippen molar-refractivity contribution in [2.24, 2.45) is 0 Å². The Morgan fingerprint density at radius 3 is 2.87 bits per heavy atom. The summed E-state index contributed by atoms with van der Waals surface area (Å²) in [5, 5.41) is 0. The monoisotopic (exact) mass is 214 g/mol. The smallest absolute Gasteiger partial charge is 0.373 e. The van der Waals surface area contributed by atoms with Crippen molar-refractivity contribution < 1.29 is 19.0 Å². The highest BCUT2D eigenvalue weighted by Gasteiger charge is 2.20. The van der Waals surface area contributed by atoms with Crippen molar-refractivity contribution in [1.29, 1.82) is 0 Å². The van der Waals surface area contributed by atoms with Crippen molar-refractivity contribution in [3.63, 3.8) is 0 Å². The van der Waals surface area contributed by atoms with E-state index in [1.54, 1.807) is 6.08 Å². The van der Waals surface area contributed by atoms with E-state index in [1.165, 1.54) is 7.11 Å². The quantitative estimate of drug-likeness (QED) is 0.408. The van der Waals surface area contributed by atoms with Gasteiger partial charge in [-0.25, -0.2) is 4.79 Å². The highest BCUT2D eigenvalue weighted by atomic mass is 16.7. The third-order valence-corrected chi connectivity index (χ3v) is 2.17. The highest BCUT2D eigenvalue weighted by molar-refractivity contribution is 5.86. The summed E-state index contributed by atoms with van der Waals surface area (Å²) >= 11 is 0. The lowest BCUT2D eigenvalue weighted by atomic mass is 10.2. The van der Waals surface area contributed by atoms with Crippen LogP contribution in [0.4, 0.5) is 0 Å². The summed E-state index contributed by atoms with van der Waals surface area (Å²) in [4.78, 5) is 11.3. The number of rotatable bonds is 4. The highest BCUT2D eigenvalue weighted by Crippen LogP contribution is 2.17. The first-order chi connectivity index (χ1) is 7.27. The van der Waals surface area contributed by atoms with Crippen molar-refractivity contribution >= 4 is 5.97 Å². The molecule has 0 bridgehead atoms. The van der Waals surface area contributed by atoms with Gasteiger partial charge in [-0.1, -0.05) is 6.92 Å². The third-order valence-electron chi connectivity index (χ3n) is 2.17. The predicted octanol–water partition coefficient (Wildman–Crippen LogP) is 2.00. The van der Waals surface area contributed by atoms with Crippen LogP contribution in [0.2, 0.25) is 0 Å². The first-order valence-electron chi connectivity index (χ1n) is 5.34. The van der Waals surface area contributed by atoms with Crippen LogP contribution < -0.4 is 0 Å². The molecule has 0 spiro atoms. The number of esters is 1. The van der Waals surface area contributed by atoms with E-state index in [2.05, 4.69) is 4.74 Å². The molecule has 0 aromatic heterocycles. The molecule has 1 saturated heterocycles. The summed E-state index contributed by atoms with van der Waals surface area (Å²) < 4.78 is 15.4. The van der Waals surface area contributed by atoms with Gasteiger partial charge in [-0.05, 0) is 25.3 Å². The van der Waals surface area contributed by atoms with Crippen molar-refractivity contribution in [1.82, 2.24) is 0 Å². The molecule has 0 aromatic carbocycles. The lowest BCUT2D eigenvalue weighted by Gasteiger charge is -2.23. The SMILES string of the molecule is CCC=C(O[C@H]1CCCCO1)C(=O)OC. The van der Waals surface area contributed by atoms with E-state index in [0.717, 1.165) is 25.7 Å². The molecule has 1 atom stereocenters. The lowest BCUT2D eigenvalue weighted by molar-refractivity contribution is -0.162. The summed E-state index contributed by atoms with van der Waals surface area (Å²) in [6.07, 6.45) is 5.12. The second kappa shape index (κ2) is 6.45. The number of carbonyl (C=O) groups is 1. The number of hydrogen-bond acceptors (Lipinski definition) is 4. The molecule has 0 radical (unpaired) electrons. The van der Waals surface area contributed by atoms with Gasteiger partial charge < -0.3 is 14.2 Å². The standard InChI is InChI=1S/C11H18O4/c1-3-6-9(11(12)13-2)15-10-7-4-5-8-14-10/h6,10H,3-5,7-8H2,1-2H3/t10-/m0/s1. The lowest BCUT2D eigenvalue weighted by Crippen LogP contribution is -2.24. The molecule has 86 valence electrons. The fraction of sp³-hybridized carbons (Fsp3) is 0.727. The van der Waals surface area contributed by atoms with Gasteiger partial charge in [0, 0.05) is 6.42 Å². The molecule has 0 unspecified atom stereocenters. The van der Waals surface area contributed by atoms with E-state index in [0.29, 0.717) is 6.61 Å². The van der Waals surface area contributed by atoms with Crippen molar-refractivity contribution in [2.45, 2.75) is 38.9 Å². The van der Waals surface area contributed by atoms with Crippen LogP contribution in [0.1, 0.15) is 32.6 Å². The topological polar surface area (TPSA) is 44.8 Å². The minimum atomic E-state index is -0.439. The van der Waals surface area contributed by atoms with Crippen LogP contribution in [0.15, 0.2) is 11.8 Å².